The van der Waals surface area contributed by atoms with E-state index >= 15 is 0 Å². The summed E-state index contributed by atoms with van der Waals surface area (Å²) in [5.41, 5.74) is 7.15. The molecule has 3 N–H and O–H groups in total. The van der Waals surface area contributed by atoms with E-state index < -0.39 is 0 Å². The zero-order valence-corrected chi connectivity index (χ0v) is 11.1. The van der Waals surface area contributed by atoms with Crippen LogP contribution in [0.15, 0.2) is 33.5 Å². The molecular formula is C13H15BrN2O. The number of pyridine rings is 1. The van der Waals surface area contributed by atoms with Crippen molar-refractivity contribution in [1.29, 1.82) is 0 Å². The van der Waals surface area contributed by atoms with Crippen LogP contribution < -0.4 is 11.3 Å². The molecule has 90 valence electrons. The summed E-state index contributed by atoms with van der Waals surface area (Å²) in [5.74, 6) is 0. The first-order chi connectivity index (χ1) is 8.22. The van der Waals surface area contributed by atoms with Crippen molar-refractivity contribution in [2.75, 3.05) is 6.54 Å². The molecule has 2 aromatic rings. The minimum Gasteiger partial charge on any atom is -0.330 e. The Balaban J connectivity index is 2.38. The van der Waals surface area contributed by atoms with Gasteiger partial charge in [-0.25, -0.2) is 0 Å². The monoisotopic (exact) mass is 294 g/mol. The van der Waals surface area contributed by atoms with E-state index in [-0.39, 0.29) is 5.56 Å². The normalized spacial score (nSPS) is 10.9. The highest BCUT2D eigenvalue weighted by atomic mass is 79.9. The zero-order chi connectivity index (χ0) is 12.3. The van der Waals surface area contributed by atoms with Crippen molar-refractivity contribution in [2.24, 2.45) is 5.73 Å². The quantitative estimate of drug-likeness (QED) is 0.852. The molecule has 2 rings (SSSR count). The molecule has 0 radical (unpaired) electrons. The molecule has 0 aliphatic heterocycles. The Morgan fingerprint density at radius 2 is 2.12 bits per heavy atom. The number of benzene rings is 1. The topological polar surface area (TPSA) is 58.9 Å². The molecule has 1 aromatic heterocycles. The van der Waals surface area contributed by atoms with Crippen LogP contribution in [0, 0.1) is 0 Å². The lowest BCUT2D eigenvalue weighted by Crippen LogP contribution is -2.13. The van der Waals surface area contributed by atoms with Gasteiger partial charge in [-0.2, -0.15) is 0 Å². The van der Waals surface area contributed by atoms with Crippen molar-refractivity contribution >= 4 is 26.8 Å². The molecule has 17 heavy (non-hydrogen) atoms. The van der Waals surface area contributed by atoms with Crippen LogP contribution in [0.3, 0.4) is 0 Å². The number of hydrogen-bond acceptors (Lipinski definition) is 2. The number of nitrogens with one attached hydrogen (secondary N) is 1. The predicted molar refractivity (Wildman–Crippen MR) is 74.3 cm³/mol. The average molecular weight is 295 g/mol. The van der Waals surface area contributed by atoms with Gasteiger partial charge in [-0.3, -0.25) is 4.79 Å². The van der Waals surface area contributed by atoms with Gasteiger partial charge in [0.05, 0.1) is 5.52 Å². The van der Waals surface area contributed by atoms with Crippen LogP contribution in [0.5, 0.6) is 0 Å². The van der Waals surface area contributed by atoms with Crippen LogP contribution in [0.2, 0.25) is 0 Å². The Morgan fingerprint density at radius 3 is 2.88 bits per heavy atom. The number of hydrogen-bond donors (Lipinski definition) is 2. The smallest absolute Gasteiger partial charge is 0.251 e. The number of nitrogens with two attached hydrogens (primary N) is 1. The fourth-order valence-corrected chi connectivity index (χ4v) is 2.37. The second kappa shape index (κ2) is 5.47. The third-order valence-electron chi connectivity index (χ3n) is 2.81. The van der Waals surface area contributed by atoms with E-state index in [1.807, 2.05) is 24.3 Å². The molecule has 1 heterocycles. The molecular weight excluding hydrogens is 280 g/mol. The van der Waals surface area contributed by atoms with Gasteiger partial charge in [0, 0.05) is 10.0 Å². The lowest BCUT2D eigenvalue weighted by atomic mass is 10.1. The third kappa shape index (κ3) is 2.76. The molecule has 1 aromatic carbocycles. The highest BCUT2D eigenvalue weighted by molar-refractivity contribution is 9.10. The summed E-state index contributed by atoms with van der Waals surface area (Å²) in [7, 11) is 0. The first-order valence-corrected chi connectivity index (χ1v) is 6.52. The van der Waals surface area contributed by atoms with Crippen molar-refractivity contribution in [3.05, 3.63) is 44.7 Å². The summed E-state index contributed by atoms with van der Waals surface area (Å²) in [6.45, 7) is 0.678. The van der Waals surface area contributed by atoms with E-state index in [9.17, 15) is 4.79 Å². The number of fused-ring (bicyclic) bond motifs is 1. The summed E-state index contributed by atoms with van der Waals surface area (Å²) in [5, 5.41) is 1.06. The van der Waals surface area contributed by atoms with Gasteiger partial charge in [-0.05, 0) is 59.3 Å². The van der Waals surface area contributed by atoms with Crippen LogP contribution >= 0.6 is 15.9 Å². The van der Waals surface area contributed by atoms with Gasteiger partial charge < -0.3 is 10.7 Å². The van der Waals surface area contributed by atoms with Crippen LogP contribution in [0.25, 0.3) is 10.9 Å². The van der Waals surface area contributed by atoms with Gasteiger partial charge in [0.15, 0.2) is 0 Å². The molecule has 0 spiro atoms. The number of H-pyrrole nitrogens is 1. The molecule has 3 nitrogen and oxygen atoms in total. The Kier molecular flexibility index (Phi) is 3.97. The number of unbranched alkanes of at least 4 members (excludes halogenated alkanes) is 1. The second-order valence-electron chi connectivity index (χ2n) is 4.07. The molecule has 0 atom stereocenters. The molecule has 0 fully saturated rings. The molecule has 0 bridgehead atoms. The summed E-state index contributed by atoms with van der Waals surface area (Å²) in [6.07, 6.45) is 2.70. The van der Waals surface area contributed by atoms with Gasteiger partial charge in [-0.15, -0.1) is 0 Å². The van der Waals surface area contributed by atoms with Crippen molar-refractivity contribution in [1.82, 2.24) is 4.98 Å². The fraction of sp³-hybridized carbons (Fsp3) is 0.308. The summed E-state index contributed by atoms with van der Waals surface area (Å²) >= 11 is 3.43. The van der Waals surface area contributed by atoms with Crippen LogP contribution in [-0.4, -0.2) is 11.5 Å². The molecule has 4 heteroatoms. The van der Waals surface area contributed by atoms with Crippen molar-refractivity contribution in [3.63, 3.8) is 0 Å². The van der Waals surface area contributed by atoms with E-state index in [4.69, 9.17) is 5.73 Å². The number of aryl methyl sites for hydroxylation is 1. The maximum atomic E-state index is 11.9. The second-order valence-corrected chi connectivity index (χ2v) is 4.93. The van der Waals surface area contributed by atoms with Gasteiger partial charge in [0.1, 0.15) is 0 Å². The highest BCUT2D eigenvalue weighted by Crippen LogP contribution is 2.21. The van der Waals surface area contributed by atoms with Crippen molar-refractivity contribution < 1.29 is 0 Å². The molecule has 0 saturated carbocycles. The number of halogens is 1. The maximum absolute atomic E-state index is 11.9. The fourth-order valence-electron chi connectivity index (χ4n) is 1.89. The van der Waals surface area contributed by atoms with E-state index in [0.717, 1.165) is 40.2 Å². The third-order valence-corrected chi connectivity index (χ3v) is 3.47. The Bertz CT molecular complexity index is 577. The van der Waals surface area contributed by atoms with Gasteiger partial charge in [0.25, 0.3) is 5.56 Å². The summed E-state index contributed by atoms with van der Waals surface area (Å²) in [6, 6.07) is 7.86. The molecule has 0 unspecified atom stereocenters. The Morgan fingerprint density at radius 1 is 1.29 bits per heavy atom. The lowest BCUT2D eigenvalue weighted by Gasteiger charge is -2.04. The minimum atomic E-state index is 0.00132. The average Bonchev–Trinajstić information content (AvgIpc) is 2.31. The molecule has 0 aliphatic rings. The highest BCUT2D eigenvalue weighted by Gasteiger charge is 2.04. The number of aromatic amines is 1. The van der Waals surface area contributed by atoms with E-state index in [1.165, 1.54) is 0 Å². The van der Waals surface area contributed by atoms with Crippen molar-refractivity contribution in [2.45, 2.75) is 19.3 Å². The first kappa shape index (κ1) is 12.3. The summed E-state index contributed by atoms with van der Waals surface area (Å²) < 4.78 is 0.917. The van der Waals surface area contributed by atoms with Gasteiger partial charge >= 0.3 is 0 Å². The van der Waals surface area contributed by atoms with E-state index in [0.29, 0.717) is 6.54 Å². The lowest BCUT2D eigenvalue weighted by molar-refractivity contribution is 0.740. The number of aromatic nitrogens is 1. The van der Waals surface area contributed by atoms with E-state index in [1.54, 1.807) is 0 Å². The van der Waals surface area contributed by atoms with Crippen molar-refractivity contribution in [3.8, 4) is 0 Å². The number of para-hydroxylation sites is 1. The van der Waals surface area contributed by atoms with Gasteiger partial charge in [0.2, 0.25) is 0 Å². The molecule has 0 saturated heterocycles. The Labute approximate surface area is 108 Å². The minimum absolute atomic E-state index is 0.00132. The standard InChI is InChI=1S/C13H15BrN2O/c14-11-6-3-5-9-8-10(4-1-2-7-15)13(17)16-12(9)11/h3,5-6,8H,1-2,4,7,15H2,(H,16,17). The SMILES string of the molecule is NCCCCc1cc2cccc(Br)c2[nH]c1=O. The number of rotatable bonds is 4. The summed E-state index contributed by atoms with van der Waals surface area (Å²) in [4.78, 5) is 14.8. The first-order valence-electron chi connectivity index (χ1n) is 5.73. The maximum Gasteiger partial charge on any atom is 0.251 e. The largest absolute Gasteiger partial charge is 0.330 e. The van der Waals surface area contributed by atoms with Crippen LogP contribution in [0.4, 0.5) is 0 Å². The zero-order valence-electron chi connectivity index (χ0n) is 9.50. The Hall–Kier alpha value is -1.13. The van der Waals surface area contributed by atoms with Gasteiger partial charge in [-0.1, -0.05) is 12.1 Å². The van der Waals surface area contributed by atoms with Crippen LogP contribution in [0.1, 0.15) is 18.4 Å². The molecule has 0 aliphatic carbocycles. The van der Waals surface area contributed by atoms with E-state index in [2.05, 4.69) is 20.9 Å². The predicted octanol–water partition coefficient (Wildman–Crippen LogP) is 2.57. The van der Waals surface area contributed by atoms with Crippen LogP contribution in [-0.2, 0) is 6.42 Å². The molecule has 0 amide bonds.